The molecule has 0 spiro atoms. The molecule has 2 N–H and O–H groups in total. The third-order valence-electron chi connectivity index (χ3n) is 5.53. The van der Waals surface area contributed by atoms with Crippen molar-refractivity contribution < 1.29 is 19.1 Å². The Morgan fingerprint density at radius 2 is 1.97 bits per heavy atom. The highest BCUT2D eigenvalue weighted by Crippen LogP contribution is 2.39. The highest BCUT2D eigenvalue weighted by molar-refractivity contribution is 7.17. The molecule has 9 heteroatoms. The molecule has 0 radical (unpaired) electrons. The maximum absolute atomic E-state index is 13.3. The molecule has 2 heterocycles. The van der Waals surface area contributed by atoms with Crippen molar-refractivity contribution in [3.05, 3.63) is 39.2 Å². The SMILES string of the molecule is COc1ccc(Cl)cc1NC(=O)c1c(NC(=O)CN2CCOCC2)sc2c1CCCC2. The van der Waals surface area contributed by atoms with Gasteiger partial charge in [0.2, 0.25) is 5.91 Å². The lowest BCUT2D eigenvalue weighted by molar-refractivity contribution is -0.118. The molecule has 2 amide bonds. The summed E-state index contributed by atoms with van der Waals surface area (Å²) >= 11 is 7.63. The maximum atomic E-state index is 13.3. The number of fused-ring (bicyclic) bond motifs is 1. The van der Waals surface area contributed by atoms with Crippen molar-refractivity contribution in [2.45, 2.75) is 25.7 Å². The molecule has 166 valence electrons. The van der Waals surface area contributed by atoms with Crippen molar-refractivity contribution in [1.82, 2.24) is 4.90 Å². The predicted molar refractivity (Wildman–Crippen MR) is 123 cm³/mol. The number of benzene rings is 1. The van der Waals surface area contributed by atoms with E-state index >= 15 is 0 Å². The van der Waals surface area contributed by atoms with Crippen LogP contribution in [0.2, 0.25) is 5.02 Å². The van der Waals surface area contributed by atoms with Crippen LogP contribution in [0.15, 0.2) is 18.2 Å². The Kier molecular flexibility index (Phi) is 7.12. The van der Waals surface area contributed by atoms with Crippen LogP contribution in [0.5, 0.6) is 5.75 Å². The molecule has 1 aliphatic carbocycles. The van der Waals surface area contributed by atoms with Crippen LogP contribution < -0.4 is 15.4 Å². The summed E-state index contributed by atoms with van der Waals surface area (Å²) < 4.78 is 10.7. The number of hydrogen-bond acceptors (Lipinski definition) is 6. The van der Waals surface area contributed by atoms with Crippen molar-refractivity contribution >= 4 is 45.4 Å². The van der Waals surface area contributed by atoms with Crippen LogP contribution in [0, 0.1) is 0 Å². The zero-order valence-corrected chi connectivity index (χ0v) is 19.0. The van der Waals surface area contributed by atoms with Gasteiger partial charge in [0.25, 0.3) is 5.91 Å². The van der Waals surface area contributed by atoms with Gasteiger partial charge in [-0.1, -0.05) is 11.6 Å². The number of thiophene rings is 1. The van der Waals surface area contributed by atoms with Crippen LogP contribution in [0.4, 0.5) is 10.7 Å². The average Bonchev–Trinajstić information content (AvgIpc) is 3.12. The number of aryl methyl sites for hydroxylation is 1. The summed E-state index contributed by atoms with van der Waals surface area (Å²) in [5.74, 6) is 0.149. The van der Waals surface area contributed by atoms with E-state index < -0.39 is 0 Å². The third kappa shape index (κ3) is 5.20. The molecular formula is C22H26ClN3O4S. The van der Waals surface area contributed by atoms with Gasteiger partial charge in [0.1, 0.15) is 10.8 Å². The first-order chi connectivity index (χ1) is 15.0. The lowest BCUT2D eigenvalue weighted by Crippen LogP contribution is -2.41. The van der Waals surface area contributed by atoms with Crippen LogP contribution in [0.3, 0.4) is 0 Å². The number of halogens is 1. The first-order valence-corrected chi connectivity index (χ1v) is 11.6. The predicted octanol–water partition coefficient (Wildman–Crippen LogP) is 3.81. The van der Waals surface area contributed by atoms with Crippen molar-refractivity contribution in [3.63, 3.8) is 0 Å². The monoisotopic (exact) mass is 463 g/mol. The zero-order chi connectivity index (χ0) is 21.8. The maximum Gasteiger partial charge on any atom is 0.259 e. The molecule has 0 saturated carbocycles. The number of ether oxygens (including phenoxy) is 2. The number of rotatable bonds is 6. The third-order valence-corrected chi connectivity index (χ3v) is 6.97. The molecule has 0 bridgehead atoms. The van der Waals surface area contributed by atoms with Crippen molar-refractivity contribution in [1.29, 1.82) is 0 Å². The van der Waals surface area contributed by atoms with Gasteiger partial charge in [0.15, 0.2) is 0 Å². The second-order valence-electron chi connectivity index (χ2n) is 7.65. The number of hydrogen-bond donors (Lipinski definition) is 2. The summed E-state index contributed by atoms with van der Waals surface area (Å²) in [6.07, 6.45) is 3.89. The van der Waals surface area contributed by atoms with Gasteiger partial charge in [-0.05, 0) is 49.4 Å². The molecule has 2 aromatic rings. The number of nitrogens with zero attached hydrogens (tertiary/aromatic N) is 1. The standard InChI is InChI=1S/C22H26ClN3O4S/c1-29-17-7-6-14(23)12-16(17)24-21(28)20-15-4-2-3-5-18(15)31-22(20)25-19(27)13-26-8-10-30-11-9-26/h6-7,12H,2-5,8-11,13H2,1H3,(H,24,28)(H,25,27). The minimum absolute atomic E-state index is 0.116. The number of amides is 2. The highest BCUT2D eigenvalue weighted by atomic mass is 35.5. The fourth-order valence-electron chi connectivity index (χ4n) is 3.99. The summed E-state index contributed by atoms with van der Waals surface area (Å²) in [4.78, 5) is 29.3. The highest BCUT2D eigenvalue weighted by Gasteiger charge is 2.27. The Morgan fingerprint density at radius 1 is 1.19 bits per heavy atom. The Labute approximate surface area is 190 Å². The van der Waals surface area contributed by atoms with Gasteiger partial charge >= 0.3 is 0 Å². The van der Waals surface area contributed by atoms with Crippen molar-refractivity contribution in [2.75, 3.05) is 50.6 Å². The number of carbonyl (C=O) groups is 2. The summed E-state index contributed by atoms with van der Waals surface area (Å²) in [6, 6.07) is 5.08. The zero-order valence-electron chi connectivity index (χ0n) is 17.5. The summed E-state index contributed by atoms with van der Waals surface area (Å²) in [5, 5.41) is 7.05. The van der Waals surface area contributed by atoms with Gasteiger partial charge < -0.3 is 20.1 Å². The topological polar surface area (TPSA) is 79.9 Å². The molecule has 2 aliphatic rings. The van der Waals surface area contributed by atoms with Crippen LogP contribution in [-0.4, -0.2) is 56.7 Å². The van der Waals surface area contributed by atoms with Crippen LogP contribution in [0.25, 0.3) is 0 Å². The minimum Gasteiger partial charge on any atom is -0.495 e. The molecule has 1 aromatic carbocycles. The first-order valence-electron chi connectivity index (χ1n) is 10.4. The Hall–Kier alpha value is -2.13. The molecule has 1 aliphatic heterocycles. The summed E-state index contributed by atoms with van der Waals surface area (Å²) in [5.41, 5.74) is 2.09. The van der Waals surface area contributed by atoms with E-state index in [9.17, 15) is 9.59 Å². The largest absolute Gasteiger partial charge is 0.495 e. The molecule has 1 saturated heterocycles. The second-order valence-corrected chi connectivity index (χ2v) is 9.19. The van der Waals surface area contributed by atoms with E-state index in [1.54, 1.807) is 25.3 Å². The normalized spacial score (nSPS) is 16.5. The Morgan fingerprint density at radius 3 is 2.74 bits per heavy atom. The quantitative estimate of drug-likeness (QED) is 0.681. The molecule has 4 rings (SSSR count). The van der Waals surface area contributed by atoms with Gasteiger partial charge in [-0.2, -0.15) is 0 Å². The van der Waals surface area contributed by atoms with Crippen molar-refractivity contribution in [2.24, 2.45) is 0 Å². The molecule has 7 nitrogen and oxygen atoms in total. The van der Waals surface area contributed by atoms with E-state index in [0.717, 1.165) is 44.3 Å². The molecule has 1 fully saturated rings. The first kappa shape index (κ1) is 22.1. The number of anilines is 2. The van der Waals surface area contributed by atoms with Gasteiger partial charge in [0, 0.05) is 23.0 Å². The molecule has 0 atom stereocenters. The number of carbonyl (C=O) groups excluding carboxylic acids is 2. The second kappa shape index (κ2) is 9.99. The Bertz CT molecular complexity index is 972. The van der Waals surface area contributed by atoms with Crippen LogP contribution in [0.1, 0.15) is 33.6 Å². The lowest BCUT2D eigenvalue weighted by Gasteiger charge is -2.25. The van der Waals surface area contributed by atoms with E-state index in [4.69, 9.17) is 21.1 Å². The molecular weight excluding hydrogens is 438 g/mol. The average molecular weight is 464 g/mol. The molecule has 31 heavy (non-hydrogen) atoms. The van der Waals surface area contributed by atoms with Gasteiger partial charge in [-0.3, -0.25) is 14.5 Å². The van der Waals surface area contributed by atoms with E-state index in [0.29, 0.717) is 40.2 Å². The fourth-order valence-corrected chi connectivity index (χ4v) is 5.46. The molecule has 1 aromatic heterocycles. The van der Waals surface area contributed by atoms with Crippen LogP contribution in [-0.2, 0) is 22.4 Å². The fraction of sp³-hybridized carbons (Fsp3) is 0.455. The van der Waals surface area contributed by atoms with E-state index in [1.165, 1.54) is 16.2 Å². The number of morpholine rings is 1. The molecule has 0 unspecified atom stereocenters. The van der Waals surface area contributed by atoms with E-state index in [2.05, 4.69) is 15.5 Å². The summed E-state index contributed by atoms with van der Waals surface area (Å²) in [7, 11) is 1.54. The van der Waals surface area contributed by atoms with Crippen LogP contribution >= 0.6 is 22.9 Å². The smallest absolute Gasteiger partial charge is 0.259 e. The number of nitrogens with one attached hydrogen (secondary N) is 2. The lowest BCUT2D eigenvalue weighted by atomic mass is 9.95. The number of methoxy groups -OCH3 is 1. The minimum atomic E-state index is -0.262. The van der Waals surface area contributed by atoms with Gasteiger partial charge in [-0.15, -0.1) is 11.3 Å². The van der Waals surface area contributed by atoms with E-state index in [1.807, 2.05) is 0 Å². The van der Waals surface area contributed by atoms with E-state index in [-0.39, 0.29) is 18.4 Å². The summed E-state index contributed by atoms with van der Waals surface area (Å²) in [6.45, 7) is 3.02. The van der Waals surface area contributed by atoms with Gasteiger partial charge in [-0.25, -0.2) is 0 Å². The Balaban J connectivity index is 1.57. The van der Waals surface area contributed by atoms with Gasteiger partial charge in [0.05, 0.1) is 38.1 Å². The van der Waals surface area contributed by atoms with Crippen molar-refractivity contribution in [3.8, 4) is 5.75 Å².